The molecule has 1 N–H and O–H groups in total. The van der Waals surface area contributed by atoms with E-state index < -0.39 is 0 Å². The minimum absolute atomic E-state index is 0.857. The number of hydrogen-bond acceptors (Lipinski definition) is 2. The molecule has 3 rings (SSSR count). The predicted molar refractivity (Wildman–Crippen MR) is 58.2 cm³/mol. The Hall–Kier alpha value is -0.0800. The van der Waals surface area contributed by atoms with Gasteiger partial charge in [0.1, 0.15) is 0 Å². The fourth-order valence-corrected chi connectivity index (χ4v) is 3.52. The molecular formula is C12H22N2. The van der Waals surface area contributed by atoms with Gasteiger partial charge in [-0.3, -0.25) is 4.90 Å². The highest BCUT2D eigenvalue weighted by molar-refractivity contribution is 4.98. The highest BCUT2D eigenvalue weighted by Crippen LogP contribution is 2.44. The van der Waals surface area contributed by atoms with E-state index in [1.165, 1.54) is 32.6 Å². The Morgan fingerprint density at radius 1 is 1.21 bits per heavy atom. The van der Waals surface area contributed by atoms with Crippen molar-refractivity contribution in [2.75, 3.05) is 26.2 Å². The van der Waals surface area contributed by atoms with Crippen LogP contribution in [0.15, 0.2) is 0 Å². The van der Waals surface area contributed by atoms with Crippen LogP contribution >= 0.6 is 0 Å². The smallest absolute Gasteiger partial charge is 0.00980 e. The average molecular weight is 194 g/mol. The van der Waals surface area contributed by atoms with Gasteiger partial charge in [0, 0.05) is 19.1 Å². The van der Waals surface area contributed by atoms with Crippen LogP contribution in [0.5, 0.6) is 0 Å². The van der Waals surface area contributed by atoms with E-state index in [0.29, 0.717) is 0 Å². The average Bonchev–Trinajstić information content (AvgIpc) is 2.62. The highest BCUT2D eigenvalue weighted by atomic mass is 15.2. The van der Waals surface area contributed by atoms with Crippen molar-refractivity contribution < 1.29 is 0 Å². The standard InChI is InChI=1S/C12H22N2/c1-8-3-12(8)9(2)14-6-10-4-13-5-11(10)7-14/h8-13H,3-7H2,1-2H3/t8?,9?,10-,11+,12?. The molecule has 0 spiro atoms. The van der Waals surface area contributed by atoms with Gasteiger partial charge in [-0.15, -0.1) is 0 Å². The Morgan fingerprint density at radius 2 is 1.79 bits per heavy atom. The van der Waals surface area contributed by atoms with Crippen LogP contribution in [0.3, 0.4) is 0 Å². The fraction of sp³-hybridized carbons (Fsp3) is 1.00. The molecule has 0 bridgehead atoms. The molecule has 5 atom stereocenters. The Kier molecular flexibility index (Phi) is 2.10. The summed E-state index contributed by atoms with van der Waals surface area (Å²) in [6.07, 6.45) is 1.48. The molecular weight excluding hydrogens is 172 g/mol. The van der Waals surface area contributed by atoms with Crippen LogP contribution in [0.4, 0.5) is 0 Å². The molecule has 3 unspecified atom stereocenters. The predicted octanol–water partition coefficient (Wildman–Crippen LogP) is 1.18. The molecule has 0 amide bonds. The van der Waals surface area contributed by atoms with Crippen LogP contribution in [0.1, 0.15) is 20.3 Å². The number of hydrogen-bond donors (Lipinski definition) is 1. The van der Waals surface area contributed by atoms with E-state index in [4.69, 9.17) is 0 Å². The Morgan fingerprint density at radius 3 is 2.29 bits per heavy atom. The lowest BCUT2D eigenvalue weighted by molar-refractivity contribution is 0.214. The van der Waals surface area contributed by atoms with Gasteiger partial charge in [0.15, 0.2) is 0 Å². The number of nitrogens with zero attached hydrogens (tertiary/aromatic N) is 1. The van der Waals surface area contributed by atoms with Gasteiger partial charge < -0.3 is 5.32 Å². The SMILES string of the molecule is CC1CC1C(C)N1C[C@H]2CNC[C@H]2C1. The van der Waals surface area contributed by atoms with Crippen molar-refractivity contribution in [1.82, 2.24) is 10.2 Å². The second-order valence-corrected chi connectivity index (χ2v) is 5.75. The largest absolute Gasteiger partial charge is 0.316 e. The normalized spacial score (nSPS) is 49.3. The van der Waals surface area contributed by atoms with Crippen molar-refractivity contribution in [1.29, 1.82) is 0 Å². The molecule has 0 aromatic carbocycles. The van der Waals surface area contributed by atoms with Gasteiger partial charge >= 0.3 is 0 Å². The monoisotopic (exact) mass is 194 g/mol. The van der Waals surface area contributed by atoms with Crippen LogP contribution in [0.2, 0.25) is 0 Å². The summed E-state index contributed by atoms with van der Waals surface area (Å²) >= 11 is 0. The summed E-state index contributed by atoms with van der Waals surface area (Å²) in [6.45, 7) is 10.1. The third kappa shape index (κ3) is 1.40. The van der Waals surface area contributed by atoms with E-state index >= 15 is 0 Å². The third-order valence-electron chi connectivity index (χ3n) is 4.79. The van der Waals surface area contributed by atoms with E-state index in [1.54, 1.807) is 0 Å². The lowest BCUT2D eigenvalue weighted by Gasteiger charge is -2.25. The van der Waals surface area contributed by atoms with Crippen molar-refractivity contribution in [2.45, 2.75) is 26.3 Å². The van der Waals surface area contributed by atoms with Crippen LogP contribution < -0.4 is 5.32 Å². The molecule has 2 saturated heterocycles. The number of rotatable bonds is 2. The first-order valence-corrected chi connectivity index (χ1v) is 6.20. The van der Waals surface area contributed by atoms with E-state index in [2.05, 4.69) is 24.1 Å². The van der Waals surface area contributed by atoms with E-state index in [1.807, 2.05) is 0 Å². The summed E-state index contributed by atoms with van der Waals surface area (Å²) in [4.78, 5) is 2.75. The first kappa shape index (κ1) is 9.17. The molecule has 3 fully saturated rings. The van der Waals surface area contributed by atoms with E-state index in [-0.39, 0.29) is 0 Å². The van der Waals surface area contributed by atoms with Gasteiger partial charge in [0.25, 0.3) is 0 Å². The summed E-state index contributed by atoms with van der Waals surface area (Å²) in [5.74, 6) is 3.95. The van der Waals surface area contributed by atoms with Gasteiger partial charge in [-0.2, -0.15) is 0 Å². The van der Waals surface area contributed by atoms with Crippen molar-refractivity contribution in [3.63, 3.8) is 0 Å². The molecule has 0 radical (unpaired) electrons. The molecule has 2 heteroatoms. The number of fused-ring (bicyclic) bond motifs is 1. The van der Waals surface area contributed by atoms with E-state index in [0.717, 1.165) is 29.7 Å². The summed E-state index contributed by atoms with van der Waals surface area (Å²) in [5.41, 5.74) is 0. The third-order valence-corrected chi connectivity index (χ3v) is 4.79. The highest BCUT2D eigenvalue weighted by Gasteiger charge is 2.44. The van der Waals surface area contributed by atoms with Crippen molar-refractivity contribution >= 4 is 0 Å². The van der Waals surface area contributed by atoms with Crippen LogP contribution in [0, 0.1) is 23.7 Å². The minimum atomic E-state index is 0.857. The molecule has 14 heavy (non-hydrogen) atoms. The van der Waals surface area contributed by atoms with Gasteiger partial charge in [-0.1, -0.05) is 6.92 Å². The summed E-state index contributed by atoms with van der Waals surface area (Å²) < 4.78 is 0. The maximum Gasteiger partial charge on any atom is 0.00980 e. The Balaban J connectivity index is 1.60. The van der Waals surface area contributed by atoms with Gasteiger partial charge in [0.2, 0.25) is 0 Å². The first-order chi connectivity index (χ1) is 6.75. The topological polar surface area (TPSA) is 15.3 Å². The molecule has 1 saturated carbocycles. The Bertz CT molecular complexity index is 216. The van der Waals surface area contributed by atoms with Gasteiger partial charge in [0.05, 0.1) is 0 Å². The van der Waals surface area contributed by atoms with Crippen molar-refractivity contribution in [2.24, 2.45) is 23.7 Å². The molecule has 0 aromatic rings. The fourth-order valence-electron chi connectivity index (χ4n) is 3.52. The second-order valence-electron chi connectivity index (χ2n) is 5.75. The molecule has 2 heterocycles. The molecule has 80 valence electrons. The summed E-state index contributed by atoms with van der Waals surface area (Å²) in [5, 5.41) is 3.51. The number of nitrogens with one attached hydrogen (secondary N) is 1. The lowest BCUT2D eigenvalue weighted by Crippen LogP contribution is -2.35. The Labute approximate surface area is 87.0 Å². The van der Waals surface area contributed by atoms with Crippen LogP contribution in [-0.2, 0) is 0 Å². The van der Waals surface area contributed by atoms with Crippen LogP contribution in [0.25, 0.3) is 0 Å². The zero-order chi connectivity index (χ0) is 9.71. The molecule has 2 aliphatic heterocycles. The minimum Gasteiger partial charge on any atom is -0.316 e. The van der Waals surface area contributed by atoms with Gasteiger partial charge in [-0.25, -0.2) is 0 Å². The van der Waals surface area contributed by atoms with Crippen molar-refractivity contribution in [3.05, 3.63) is 0 Å². The maximum absolute atomic E-state index is 3.51. The summed E-state index contributed by atoms with van der Waals surface area (Å²) in [6, 6.07) is 0.857. The van der Waals surface area contributed by atoms with Crippen molar-refractivity contribution in [3.8, 4) is 0 Å². The van der Waals surface area contributed by atoms with E-state index in [9.17, 15) is 0 Å². The van der Waals surface area contributed by atoms with Crippen LogP contribution in [-0.4, -0.2) is 37.1 Å². The summed E-state index contributed by atoms with van der Waals surface area (Å²) in [7, 11) is 0. The quantitative estimate of drug-likeness (QED) is 0.710. The molecule has 2 nitrogen and oxygen atoms in total. The zero-order valence-corrected chi connectivity index (χ0v) is 9.37. The molecule has 3 aliphatic rings. The lowest BCUT2D eigenvalue weighted by atomic mass is 10.0. The van der Waals surface area contributed by atoms with Gasteiger partial charge in [-0.05, 0) is 50.1 Å². The molecule has 0 aromatic heterocycles. The number of likely N-dealkylation sites (tertiary alicyclic amines) is 1. The zero-order valence-electron chi connectivity index (χ0n) is 9.37. The maximum atomic E-state index is 3.51. The second kappa shape index (κ2) is 3.21. The first-order valence-electron chi connectivity index (χ1n) is 6.20. The molecule has 1 aliphatic carbocycles.